The van der Waals surface area contributed by atoms with E-state index in [0.29, 0.717) is 0 Å². The van der Waals surface area contributed by atoms with Crippen molar-refractivity contribution in [3.8, 4) is 11.3 Å². The molecule has 0 aromatic carbocycles. The third kappa shape index (κ3) is 7.10. The van der Waals surface area contributed by atoms with E-state index in [4.69, 9.17) is 4.98 Å². The Morgan fingerprint density at radius 3 is 2.59 bits per heavy atom. The molecule has 0 aliphatic heterocycles. The van der Waals surface area contributed by atoms with E-state index in [1.807, 2.05) is 39.4 Å². The van der Waals surface area contributed by atoms with Gasteiger partial charge >= 0.3 is 0 Å². The molecule has 0 radical (unpaired) electrons. The molecule has 0 amide bonds. The van der Waals surface area contributed by atoms with Gasteiger partial charge in [0, 0.05) is 47.0 Å². The number of thiazole rings is 1. The maximum Gasteiger partial charge on any atom is 0.138 e. The smallest absolute Gasteiger partial charge is 0.138 e. The lowest BCUT2D eigenvalue weighted by Gasteiger charge is -2.00. The summed E-state index contributed by atoms with van der Waals surface area (Å²) in [6.07, 6.45) is 10.5. The lowest BCUT2D eigenvalue weighted by Crippen LogP contribution is -1.99. The van der Waals surface area contributed by atoms with Gasteiger partial charge in [0.05, 0.1) is 11.4 Å². The number of aromatic nitrogens is 2. The summed E-state index contributed by atoms with van der Waals surface area (Å²) < 4.78 is 0. The van der Waals surface area contributed by atoms with Crippen LogP contribution in [-0.4, -0.2) is 21.9 Å². The van der Waals surface area contributed by atoms with E-state index in [-0.39, 0.29) is 0 Å². The van der Waals surface area contributed by atoms with Gasteiger partial charge in [-0.1, -0.05) is 45.8 Å². The highest BCUT2D eigenvalue weighted by Crippen LogP contribution is 2.27. The van der Waals surface area contributed by atoms with Crippen molar-refractivity contribution in [2.75, 3.05) is 0 Å². The summed E-state index contributed by atoms with van der Waals surface area (Å²) in [6.45, 7) is 16.2. The molecule has 1 N–H and O–H groups in total. The van der Waals surface area contributed by atoms with Gasteiger partial charge in [0.15, 0.2) is 0 Å². The molecule has 0 fully saturated rings. The van der Waals surface area contributed by atoms with Gasteiger partial charge in [0.2, 0.25) is 0 Å². The number of allylic oxidation sites excluding steroid dienone is 1. The van der Waals surface area contributed by atoms with Crippen molar-refractivity contribution in [3.05, 3.63) is 52.4 Å². The molecule has 4 nitrogen and oxygen atoms in total. The van der Waals surface area contributed by atoms with Crippen LogP contribution in [0, 0.1) is 6.92 Å². The zero-order chi connectivity index (χ0) is 20.2. The van der Waals surface area contributed by atoms with Crippen molar-refractivity contribution in [3.63, 3.8) is 0 Å². The van der Waals surface area contributed by atoms with Crippen LogP contribution in [0.3, 0.4) is 0 Å². The molecule has 0 aliphatic carbocycles. The fourth-order valence-corrected chi connectivity index (χ4v) is 3.09. The van der Waals surface area contributed by atoms with E-state index in [9.17, 15) is 0 Å². The minimum Gasteiger partial charge on any atom is -0.364 e. The molecule has 0 spiro atoms. The molecule has 2 heterocycles. The summed E-state index contributed by atoms with van der Waals surface area (Å²) in [5.41, 5.74) is 6.35. The number of H-pyrrole nitrogens is 1. The summed E-state index contributed by atoms with van der Waals surface area (Å²) in [6, 6.07) is 0. The first kappa shape index (κ1) is 22.8. The van der Waals surface area contributed by atoms with Crippen LogP contribution in [0.2, 0.25) is 0 Å². The summed E-state index contributed by atoms with van der Waals surface area (Å²) in [5, 5.41) is 3.06. The predicted octanol–water partition coefficient (Wildman–Crippen LogP) is 6.94. The minimum atomic E-state index is 0.924. The zero-order valence-electron chi connectivity index (χ0n) is 17.5. The predicted molar refractivity (Wildman–Crippen MR) is 121 cm³/mol. The highest BCUT2D eigenvalue weighted by molar-refractivity contribution is 7.12. The Labute approximate surface area is 167 Å². The normalized spacial score (nSPS) is 11.3. The SMILES string of the molecule is C=CN=Cc1c(-c2csc(C(CCC)=NC=C(C)C)n2)c[nH]c1C.CCC. The van der Waals surface area contributed by atoms with Gasteiger partial charge in [0.25, 0.3) is 0 Å². The lowest BCUT2D eigenvalue weighted by atomic mass is 10.1. The van der Waals surface area contributed by atoms with Crippen molar-refractivity contribution < 1.29 is 0 Å². The average Bonchev–Trinajstić information content (AvgIpc) is 3.24. The fourth-order valence-electron chi connectivity index (χ4n) is 2.24. The number of hydrogen-bond acceptors (Lipinski definition) is 4. The first-order chi connectivity index (χ1) is 13.0. The maximum atomic E-state index is 4.81. The summed E-state index contributed by atoms with van der Waals surface area (Å²) in [4.78, 5) is 16.8. The number of aliphatic imine (C=N–C) groups is 2. The van der Waals surface area contributed by atoms with Gasteiger partial charge in [-0.25, -0.2) is 4.98 Å². The molecule has 0 aliphatic rings. The van der Waals surface area contributed by atoms with Crippen molar-refractivity contribution in [1.82, 2.24) is 9.97 Å². The number of nitrogens with zero attached hydrogens (tertiary/aromatic N) is 3. The van der Waals surface area contributed by atoms with Crippen molar-refractivity contribution in [2.24, 2.45) is 9.98 Å². The van der Waals surface area contributed by atoms with Crippen LogP contribution in [0.25, 0.3) is 11.3 Å². The molecule has 0 saturated carbocycles. The molecule has 0 atom stereocenters. The first-order valence-corrected chi connectivity index (χ1v) is 10.3. The van der Waals surface area contributed by atoms with Crippen molar-refractivity contribution >= 4 is 23.3 Å². The molecule has 5 heteroatoms. The number of hydrogen-bond donors (Lipinski definition) is 1. The Morgan fingerprint density at radius 2 is 2.00 bits per heavy atom. The second-order valence-corrected chi connectivity index (χ2v) is 7.34. The van der Waals surface area contributed by atoms with E-state index in [0.717, 1.165) is 46.1 Å². The van der Waals surface area contributed by atoms with Gasteiger partial charge < -0.3 is 4.98 Å². The molecular formula is C22H32N4S. The Morgan fingerprint density at radius 1 is 1.30 bits per heavy atom. The number of aromatic amines is 1. The highest BCUT2D eigenvalue weighted by Gasteiger charge is 2.14. The summed E-state index contributed by atoms with van der Waals surface area (Å²) in [7, 11) is 0. The summed E-state index contributed by atoms with van der Waals surface area (Å²) in [5.74, 6) is 0. The third-order valence-corrected chi connectivity index (χ3v) is 4.32. The Kier molecular flexibility index (Phi) is 10.3. The molecule has 27 heavy (non-hydrogen) atoms. The van der Waals surface area contributed by atoms with E-state index in [2.05, 4.69) is 47.7 Å². The number of rotatable bonds is 7. The van der Waals surface area contributed by atoms with Gasteiger partial charge in [-0.05, 0) is 27.2 Å². The number of aryl methyl sites for hydroxylation is 1. The fraction of sp³-hybridized carbons (Fsp3) is 0.409. The molecule has 0 unspecified atom stereocenters. The topological polar surface area (TPSA) is 53.4 Å². The van der Waals surface area contributed by atoms with E-state index in [1.165, 1.54) is 18.2 Å². The van der Waals surface area contributed by atoms with Crippen LogP contribution < -0.4 is 0 Å². The van der Waals surface area contributed by atoms with Crippen LogP contribution in [0.1, 0.15) is 70.1 Å². The molecule has 2 rings (SSSR count). The van der Waals surface area contributed by atoms with E-state index >= 15 is 0 Å². The zero-order valence-corrected chi connectivity index (χ0v) is 18.3. The van der Waals surface area contributed by atoms with Crippen LogP contribution in [-0.2, 0) is 0 Å². The first-order valence-electron chi connectivity index (χ1n) is 9.46. The van der Waals surface area contributed by atoms with Gasteiger partial charge in [-0.15, -0.1) is 11.3 Å². The lowest BCUT2D eigenvalue weighted by molar-refractivity contribution is 0.989. The van der Waals surface area contributed by atoms with Gasteiger partial charge in [0.1, 0.15) is 5.01 Å². The second kappa shape index (κ2) is 12.2. The second-order valence-electron chi connectivity index (χ2n) is 6.48. The Bertz CT molecular complexity index is 802. The number of nitrogens with one attached hydrogen (secondary N) is 1. The molecule has 0 bridgehead atoms. The Hall–Kier alpha value is -2.27. The third-order valence-electron chi connectivity index (χ3n) is 3.43. The molecular weight excluding hydrogens is 352 g/mol. The van der Waals surface area contributed by atoms with Gasteiger partial charge in [-0.3, -0.25) is 9.98 Å². The van der Waals surface area contributed by atoms with Crippen LogP contribution in [0.15, 0.2) is 46.1 Å². The average molecular weight is 385 g/mol. The van der Waals surface area contributed by atoms with Crippen molar-refractivity contribution in [2.45, 2.75) is 60.8 Å². The van der Waals surface area contributed by atoms with Crippen LogP contribution in [0.5, 0.6) is 0 Å². The monoisotopic (exact) mass is 384 g/mol. The van der Waals surface area contributed by atoms with E-state index < -0.39 is 0 Å². The quantitative estimate of drug-likeness (QED) is 0.516. The van der Waals surface area contributed by atoms with Gasteiger partial charge in [-0.2, -0.15) is 0 Å². The molecule has 2 aromatic heterocycles. The molecule has 2 aromatic rings. The maximum absolute atomic E-state index is 4.81. The van der Waals surface area contributed by atoms with E-state index in [1.54, 1.807) is 11.3 Å². The largest absolute Gasteiger partial charge is 0.364 e. The Balaban J connectivity index is 0.00000114. The summed E-state index contributed by atoms with van der Waals surface area (Å²) >= 11 is 1.64. The van der Waals surface area contributed by atoms with Crippen molar-refractivity contribution in [1.29, 1.82) is 0 Å². The minimum absolute atomic E-state index is 0.924. The van der Waals surface area contributed by atoms with Crippen LogP contribution in [0.4, 0.5) is 0 Å². The molecule has 0 saturated heterocycles. The van der Waals surface area contributed by atoms with Crippen LogP contribution >= 0.6 is 11.3 Å². The highest BCUT2D eigenvalue weighted by atomic mass is 32.1. The standard InChI is InChI=1S/C19H24N4S.C3H8/c1-6-8-17(22-9-13(3)4)19-23-18(12-24-19)16-11-21-14(5)15(16)10-20-7-2;1-3-2/h7,9-12,21H,2,6,8H2,1,3-5H3;3H2,1-2H3. The molecule has 146 valence electrons.